The Bertz CT molecular complexity index is 310. The lowest BCUT2D eigenvalue weighted by Gasteiger charge is -2.22. The normalized spacial score (nSPS) is 21.2. The third-order valence-electron chi connectivity index (χ3n) is 2.41. The molecule has 3 nitrogen and oxygen atoms in total. The number of sulfone groups is 1. The van der Waals surface area contributed by atoms with Crippen LogP contribution < -0.4 is 5.32 Å². The quantitative estimate of drug-likeness (QED) is 0.553. The summed E-state index contributed by atoms with van der Waals surface area (Å²) < 4.78 is 22.2. The van der Waals surface area contributed by atoms with E-state index in [1.165, 1.54) is 0 Å². The zero-order valence-corrected chi connectivity index (χ0v) is 9.36. The lowest BCUT2D eigenvalue weighted by atomic mass is 10.1. The SMILES string of the molecule is CC#CCCNC1CCS(=O)(=O)CC1. The van der Waals surface area contributed by atoms with E-state index in [4.69, 9.17) is 0 Å². The van der Waals surface area contributed by atoms with Gasteiger partial charge in [-0.15, -0.1) is 11.8 Å². The standard InChI is InChI=1S/C10H17NO2S/c1-2-3-4-7-11-10-5-8-14(12,13)9-6-10/h10-11H,4-9H2,1H3. The first-order valence-electron chi connectivity index (χ1n) is 4.97. The van der Waals surface area contributed by atoms with E-state index >= 15 is 0 Å². The molecular formula is C10H17NO2S. The van der Waals surface area contributed by atoms with Crippen LogP contribution in [0.2, 0.25) is 0 Å². The van der Waals surface area contributed by atoms with Gasteiger partial charge in [0.25, 0.3) is 0 Å². The molecule has 0 aromatic rings. The van der Waals surface area contributed by atoms with Crippen molar-refractivity contribution in [1.29, 1.82) is 0 Å². The predicted octanol–water partition coefficient (Wildman–Crippen LogP) is 0.567. The molecule has 0 bridgehead atoms. The van der Waals surface area contributed by atoms with Gasteiger partial charge in [0.05, 0.1) is 11.5 Å². The van der Waals surface area contributed by atoms with Crippen LogP contribution in [-0.4, -0.2) is 32.5 Å². The molecule has 0 spiro atoms. The maximum Gasteiger partial charge on any atom is 0.150 e. The highest BCUT2D eigenvalue weighted by Crippen LogP contribution is 2.11. The molecular weight excluding hydrogens is 198 g/mol. The summed E-state index contributed by atoms with van der Waals surface area (Å²) in [7, 11) is -2.72. The Kier molecular flexibility index (Phi) is 4.43. The molecule has 0 aromatic heterocycles. The third kappa shape index (κ3) is 4.12. The van der Waals surface area contributed by atoms with Gasteiger partial charge in [-0.3, -0.25) is 0 Å². The molecule has 0 amide bonds. The Morgan fingerprint density at radius 2 is 2.00 bits per heavy atom. The average Bonchev–Trinajstić information content (AvgIpc) is 2.15. The summed E-state index contributed by atoms with van der Waals surface area (Å²) in [6, 6.07) is 0.372. The fourth-order valence-corrected chi connectivity index (χ4v) is 3.05. The maximum absolute atomic E-state index is 11.1. The van der Waals surface area contributed by atoms with Crippen LogP contribution in [0.15, 0.2) is 0 Å². The van der Waals surface area contributed by atoms with E-state index in [9.17, 15) is 8.42 Å². The smallest absolute Gasteiger partial charge is 0.150 e. The number of hydrogen-bond acceptors (Lipinski definition) is 3. The maximum atomic E-state index is 11.1. The van der Waals surface area contributed by atoms with Gasteiger partial charge in [0.2, 0.25) is 0 Å². The summed E-state index contributed by atoms with van der Waals surface area (Å²) in [6.45, 7) is 2.69. The molecule has 1 rings (SSSR count). The Hall–Kier alpha value is -0.530. The van der Waals surface area contributed by atoms with E-state index in [1.807, 2.05) is 6.92 Å². The van der Waals surface area contributed by atoms with Crippen LogP contribution in [0.3, 0.4) is 0 Å². The Labute approximate surface area is 86.2 Å². The van der Waals surface area contributed by atoms with Gasteiger partial charge >= 0.3 is 0 Å². The monoisotopic (exact) mass is 215 g/mol. The molecule has 0 radical (unpaired) electrons. The molecule has 4 heteroatoms. The van der Waals surface area contributed by atoms with Gasteiger partial charge in [-0.2, -0.15) is 0 Å². The molecule has 0 aromatic carbocycles. The molecule has 1 aliphatic rings. The van der Waals surface area contributed by atoms with Crippen LogP contribution in [-0.2, 0) is 9.84 Å². The van der Waals surface area contributed by atoms with Crippen molar-refractivity contribution in [3.63, 3.8) is 0 Å². The lowest BCUT2D eigenvalue weighted by molar-refractivity contribution is 0.469. The lowest BCUT2D eigenvalue weighted by Crippen LogP contribution is -2.37. The second kappa shape index (κ2) is 5.38. The van der Waals surface area contributed by atoms with Gasteiger partial charge in [0, 0.05) is 19.0 Å². The van der Waals surface area contributed by atoms with E-state index in [0.29, 0.717) is 17.5 Å². The molecule has 80 valence electrons. The molecule has 0 unspecified atom stereocenters. The highest BCUT2D eigenvalue weighted by Gasteiger charge is 2.22. The summed E-state index contributed by atoms with van der Waals surface area (Å²) >= 11 is 0. The van der Waals surface area contributed by atoms with Crippen molar-refractivity contribution >= 4 is 9.84 Å². The highest BCUT2D eigenvalue weighted by molar-refractivity contribution is 7.91. The summed E-state index contributed by atoms with van der Waals surface area (Å²) in [5.41, 5.74) is 0. The van der Waals surface area contributed by atoms with Crippen LogP contribution in [0.25, 0.3) is 0 Å². The fraction of sp³-hybridized carbons (Fsp3) is 0.800. The second-order valence-electron chi connectivity index (χ2n) is 3.56. The predicted molar refractivity (Wildman–Crippen MR) is 57.7 cm³/mol. The molecule has 0 atom stereocenters. The van der Waals surface area contributed by atoms with Gasteiger partial charge in [-0.05, 0) is 19.8 Å². The number of rotatable bonds is 3. The Morgan fingerprint density at radius 3 is 2.57 bits per heavy atom. The molecule has 0 saturated carbocycles. The summed E-state index contributed by atoms with van der Waals surface area (Å²) in [5.74, 6) is 6.48. The average molecular weight is 215 g/mol. The van der Waals surface area contributed by atoms with Gasteiger partial charge in [0.1, 0.15) is 9.84 Å². The van der Waals surface area contributed by atoms with E-state index in [-0.39, 0.29) is 0 Å². The van der Waals surface area contributed by atoms with Crippen molar-refractivity contribution in [1.82, 2.24) is 5.32 Å². The van der Waals surface area contributed by atoms with Crippen molar-refractivity contribution in [2.24, 2.45) is 0 Å². The van der Waals surface area contributed by atoms with E-state index < -0.39 is 9.84 Å². The van der Waals surface area contributed by atoms with Gasteiger partial charge in [-0.25, -0.2) is 8.42 Å². The topological polar surface area (TPSA) is 46.2 Å². The highest BCUT2D eigenvalue weighted by atomic mass is 32.2. The van der Waals surface area contributed by atoms with Crippen LogP contribution >= 0.6 is 0 Å². The minimum Gasteiger partial charge on any atom is -0.313 e. The molecule has 14 heavy (non-hydrogen) atoms. The first kappa shape index (κ1) is 11.5. The fourth-order valence-electron chi connectivity index (χ4n) is 1.56. The number of nitrogens with one attached hydrogen (secondary N) is 1. The summed E-state index contributed by atoms with van der Waals surface area (Å²) in [5, 5.41) is 3.33. The zero-order valence-electron chi connectivity index (χ0n) is 8.54. The van der Waals surface area contributed by atoms with Crippen molar-refractivity contribution in [2.75, 3.05) is 18.1 Å². The van der Waals surface area contributed by atoms with Crippen molar-refractivity contribution in [3.8, 4) is 11.8 Å². The van der Waals surface area contributed by atoms with Crippen LogP contribution in [0.4, 0.5) is 0 Å². The van der Waals surface area contributed by atoms with Crippen molar-refractivity contribution < 1.29 is 8.42 Å². The minimum absolute atomic E-state index is 0.337. The molecule has 1 N–H and O–H groups in total. The van der Waals surface area contributed by atoms with Gasteiger partial charge < -0.3 is 5.32 Å². The zero-order chi connectivity index (χ0) is 10.4. The Morgan fingerprint density at radius 1 is 1.36 bits per heavy atom. The van der Waals surface area contributed by atoms with Crippen LogP contribution in [0.1, 0.15) is 26.2 Å². The van der Waals surface area contributed by atoms with Crippen molar-refractivity contribution in [2.45, 2.75) is 32.2 Å². The molecule has 1 saturated heterocycles. The van der Waals surface area contributed by atoms with Gasteiger partial charge in [-0.1, -0.05) is 0 Å². The first-order chi connectivity index (χ1) is 6.64. The molecule has 1 heterocycles. The largest absolute Gasteiger partial charge is 0.313 e. The van der Waals surface area contributed by atoms with E-state index in [0.717, 1.165) is 25.8 Å². The first-order valence-corrected chi connectivity index (χ1v) is 6.79. The molecule has 0 aliphatic carbocycles. The molecule has 1 aliphatic heterocycles. The van der Waals surface area contributed by atoms with E-state index in [1.54, 1.807) is 0 Å². The summed E-state index contributed by atoms with van der Waals surface area (Å²) in [4.78, 5) is 0. The Balaban J connectivity index is 2.18. The molecule has 1 fully saturated rings. The minimum atomic E-state index is -2.72. The third-order valence-corrected chi connectivity index (χ3v) is 4.13. The second-order valence-corrected chi connectivity index (χ2v) is 5.86. The van der Waals surface area contributed by atoms with Crippen LogP contribution in [0, 0.1) is 11.8 Å². The van der Waals surface area contributed by atoms with Crippen molar-refractivity contribution in [3.05, 3.63) is 0 Å². The number of hydrogen-bond donors (Lipinski definition) is 1. The van der Waals surface area contributed by atoms with E-state index in [2.05, 4.69) is 17.2 Å². The van der Waals surface area contributed by atoms with Gasteiger partial charge in [0.15, 0.2) is 0 Å². The summed E-state index contributed by atoms with van der Waals surface area (Å²) in [6.07, 6.45) is 2.35. The van der Waals surface area contributed by atoms with Crippen LogP contribution in [0.5, 0.6) is 0 Å².